The van der Waals surface area contributed by atoms with E-state index in [1.54, 1.807) is 31.4 Å². The van der Waals surface area contributed by atoms with Crippen molar-refractivity contribution in [2.45, 2.75) is 30.4 Å². The Labute approximate surface area is 116 Å². The number of nitrogens with zero attached hydrogens (tertiary/aromatic N) is 1. The molecule has 1 aromatic carbocycles. The molecule has 1 atom stereocenters. The van der Waals surface area contributed by atoms with E-state index >= 15 is 0 Å². The summed E-state index contributed by atoms with van der Waals surface area (Å²) in [4.78, 5) is 0.314. The summed E-state index contributed by atoms with van der Waals surface area (Å²) in [6, 6.07) is 6.69. The maximum atomic E-state index is 12.5. The Morgan fingerprint density at radius 1 is 1.28 bits per heavy atom. The summed E-state index contributed by atoms with van der Waals surface area (Å²) < 4.78 is 32.6. The molecule has 1 fully saturated rings. The van der Waals surface area contributed by atoms with Crippen LogP contribution in [0.1, 0.15) is 19.3 Å². The molecule has 0 amide bonds. The third kappa shape index (κ3) is 2.77. The minimum atomic E-state index is -3.45. The number of hydrogen-bond acceptors (Lipinski definition) is 3. The highest BCUT2D eigenvalue weighted by molar-refractivity contribution is 9.10. The molecular formula is C12H16BrNO3S. The Bertz CT molecular complexity index is 501. The molecule has 0 aliphatic carbocycles. The summed E-state index contributed by atoms with van der Waals surface area (Å²) in [7, 11) is -1.90. The second-order valence-corrected chi connectivity index (χ2v) is 7.06. The first-order chi connectivity index (χ1) is 8.55. The van der Waals surface area contributed by atoms with Crippen LogP contribution in [-0.2, 0) is 14.8 Å². The SMILES string of the molecule is COC1CCCCN1S(=O)(=O)c1ccc(Br)cc1. The molecule has 1 aliphatic rings. The van der Waals surface area contributed by atoms with Crippen LogP contribution in [0.15, 0.2) is 33.6 Å². The lowest BCUT2D eigenvalue weighted by Gasteiger charge is -2.33. The van der Waals surface area contributed by atoms with Crippen LogP contribution >= 0.6 is 15.9 Å². The van der Waals surface area contributed by atoms with Crippen molar-refractivity contribution in [1.29, 1.82) is 0 Å². The summed E-state index contributed by atoms with van der Waals surface area (Å²) in [6.45, 7) is 0.525. The molecule has 4 nitrogen and oxygen atoms in total. The van der Waals surface area contributed by atoms with Crippen LogP contribution in [0.2, 0.25) is 0 Å². The van der Waals surface area contributed by atoms with Crippen LogP contribution in [0.3, 0.4) is 0 Å². The number of sulfonamides is 1. The summed E-state index contributed by atoms with van der Waals surface area (Å²) in [5.41, 5.74) is 0. The summed E-state index contributed by atoms with van der Waals surface area (Å²) in [6.07, 6.45) is 2.31. The molecule has 18 heavy (non-hydrogen) atoms. The minimum absolute atomic E-state index is 0.314. The zero-order chi connectivity index (χ0) is 13.2. The molecule has 0 spiro atoms. The van der Waals surface area contributed by atoms with Gasteiger partial charge in [0.1, 0.15) is 6.23 Å². The Kier molecular flexibility index (Phi) is 4.42. The van der Waals surface area contributed by atoms with E-state index in [-0.39, 0.29) is 6.23 Å². The first kappa shape index (κ1) is 14.0. The van der Waals surface area contributed by atoms with Gasteiger partial charge >= 0.3 is 0 Å². The number of benzene rings is 1. The zero-order valence-electron chi connectivity index (χ0n) is 10.2. The summed E-state index contributed by atoms with van der Waals surface area (Å²) in [5, 5.41) is 0. The molecule has 0 saturated carbocycles. The summed E-state index contributed by atoms with van der Waals surface area (Å²) in [5.74, 6) is 0. The van der Waals surface area contributed by atoms with Gasteiger partial charge in [0, 0.05) is 18.1 Å². The second-order valence-electron chi connectivity index (χ2n) is 4.26. The number of halogens is 1. The average molecular weight is 334 g/mol. The van der Waals surface area contributed by atoms with Gasteiger partial charge in [-0.25, -0.2) is 8.42 Å². The van der Waals surface area contributed by atoms with E-state index in [1.165, 1.54) is 4.31 Å². The van der Waals surface area contributed by atoms with Gasteiger partial charge in [0.15, 0.2) is 0 Å². The number of rotatable bonds is 3. The fourth-order valence-electron chi connectivity index (χ4n) is 2.13. The molecule has 2 rings (SSSR count). The van der Waals surface area contributed by atoms with Crippen molar-refractivity contribution in [2.75, 3.05) is 13.7 Å². The molecule has 100 valence electrons. The largest absolute Gasteiger partial charge is 0.365 e. The Balaban J connectivity index is 2.32. The van der Waals surface area contributed by atoms with Crippen LogP contribution in [0.4, 0.5) is 0 Å². The van der Waals surface area contributed by atoms with Gasteiger partial charge in [0.25, 0.3) is 0 Å². The van der Waals surface area contributed by atoms with E-state index in [2.05, 4.69) is 15.9 Å². The predicted octanol–water partition coefficient (Wildman–Crippen LogP) is 2.60. The molecule has 0 aromatic heterocycles. The van der Waals surface area contributed by atoms with Crippen molar-refractivity contribution in [3.05, 3.63) is 28.7 Å². The molecular weight excluding hydrogens is 318 g/mol. The number of hydrogen-bond donors (Lipinski definition) is 0. The van der Waals surface area contributed by atoms with Crippen molar-refractivity contribution < 1.29 is 13.2 Å². The number of methoxy groups -OCH3 is 1. The van der Waals surface area contributed by atoms with Crippen molar-refractivity contribution in [2.24, 2.45) is 0 Å². The molecule has 1 saturated heterocycles. The van der Waals surface area contributed by atoms with E-state index in [0.717, 1.165) is 23.7 Å². The van der Waals surface area contributed by atoms with Crippen molar-refractivity contribution in [1.82, 2.24) is 4.31 Å². The van der Waals surface area contributed by atoms with E-state index in [4.69, 9.17) is 4.74 Å². The highest BCUT2D eigenvalue weighted by Crippen LogP contribution is 2.26. The molecule has 1 aliphatic heterocycles. The predicted molar refractivity (Wildman–Crippen MR) is 72.7 cm³/mol. The van der Waals surface area contributed by atoms with Gasteiger partial charge in [-0.1, -0.05) is 15.9 Å². The highest BCUT2D eigenvalue weighted by atomic mass is 79.9. The number of ether oxygens (including phenoxy) is 1. The molecule has 1 unspecified atom stereocenters. The third-order valence-corrected chi connectivity index (χ3v) is 5.52. The minimum Gasteiger partial charge on any atom is -0.365 e. The van der Waals surface area contributed by atoms with Gasteiger partial charge in [0.2, 0.25) is 10.0 Å². The second kappa shape index (κ2) is 5.69. The van der Waals surface area contributed by atoms with Gasteiger partial charge in [-0.2, -0.15) is 4.31 Å². The standard InChI is InChI=1S/C12H16BrNO3S/c1-17-12-4-2-3-9-14(12)18(15,16)11-7-5-10(13)6-8-11/h5-8,12H,2-4,9H2,1H3. The number of piperidine rings is 1. The van der Waals surface area contributed by atoms with Gasteiger partial charge in [-0.3, -0.25) is 0 Å². The Morgan fingerprint density at radius 3 is 2.56 bits per heavy atom. The summed E-state index contributed by atoms with van der Waals surface area (Å²) >= 11 is 3.30. The Morgan fingerprint density at radius 2 is 1.94 bits per heavy atom. The highest BCUT2D eigenvalue weighted by Gasteiger charge is 2.33. The van der Waals surface area contributed by atoms with Crippen LogP contribution in [0, 0.1) is 0 Å². The van der Waals surface area contributed by atoms with Crippen molar-refractivity contribution in [3.8, 4) is 0 Å². The molecule has 0 N–H and O–H groups in total. The van der Waals surface area contributed by atoms with Gasteiger partial charge in [-0.15, -0.1) is 0 Å². The lowest BCUT2D eigenvalue weighted by Crippen LogP contribution is -2.44. The van der Waals surface area contributed by atoms with Crippen molar-refractivity contribution >= 4 is 26.0 Å². The fraction of sp³-hybridized carbons (Fsp3) is 0.500. The monoisotopic (exact) mass is 333 g/mol. The van der Waals surface area contributed by atoms with Crippen LogP contribution in [-0.4, -0.2) is 32.6 Å². The first-order valence-electron chi connectivity index (χ1n) is 5.86. The van der Waals surface area contributed by atoms with E-state index in [1.807, 2.05) is 0 Å². The Hall–Kier alpha value is -0.430. The lowest BCUT2D eigenvalue weighted by molar-refractivity contribution is -0.00792. The molecule has 0 radical (unpaired) electrons. The molecule has 0 bridgehead atoms. The first-order valence-corrected chi connectivity index (χ1v) is 8.09. The lowest BCUT2D eigenvalue weighted by atomic mass is 10.1. The normalized spacial score (nSPS) is 22.0. The van der Waals surface area contributed by atoms with Crippen LogP contribution in [0.5, 0.6) is 0 Å². The van der Waals surface area contributed by atoms with Gasteiger partial charge in [-0.05, 0) is 43.5 Å². The van der Waals surface area contributed by atoms with E-state index in [9.17, 15) is 8.42 Å². The zero-order valence-corrected chi connectivity index (χ0v) is 12.6. The van der Waals surface area contributed by atoms with Gasteiger partial charge in [0.05, 0.1) is 4.90 Å². The van der Waals surface area contributed by atoms with E-state index in [0.29, 0.717) is 11.4 Å². The maximum absolute atomic E-state index is 12.5. The van der Waals surface area contributed by atoms with Gasteiger partial charge < -0.3 is 4.74 Å². The van der Waals surface area contributed by atoms with Crippen LogP contribution in [0.25, 0.3) is 0 Å². The molecule has 1 aromatic rings. The quantitative estimate of drug-likeness (QED) is 0.854. The fourth-order valence-corrected chi connectivity index (χ4v) is 4.01. The van der Waals surface area contributed by atoms with E-state index < -0.39 is 10.0 Å². The maximum Gasteiger partial charge on any atom is 0.245 e. The van der Waals surface area contributed by atoms with Crippen molar-refractivity contribution in [3.63, 3.8) is 0 Å². The molecule has 1 heterocycles. The average Bonchev–Trinajstić information content (AvgIpc) is 2.39. The third-order valence-electron chi connectivity index (χ3n) is 3.09. The smallest absolute Gasteiger partial charge is 0.245 e. The van der Waals surface area contributed by atoms with Crippen LogP contribution < -0.4 is 0 Å². The molecule has 6 heteroatoms. The topological polar surface area (TPSA) is 46.6 Å².